The fourth-order valence-corrected chi connectivity index (χ4v) is 6.10. The van der Waals surface area contributed by atoms with Crippen LogP contribution in [0.3, 0.4) is 0 Å². The molecule has 2 aromatic heterocycles. The van der Waals surface area contributed by atoms with Crippen LogP contribution in [-0.2, 0) is 21.5 Å². The van der Waals surface area contributed by atoms with Gasteiger partial charge in [-0.2, -0.15) is 5.10 Å². The van der Waals surface area contributed by atoms with Gasteiger partial charge in [-0.05, 0) is 47.5 Å². The number of hydrogen-bond donors (Lipinski definition) is 1. The van der Waals surface area contributed by atoms with Crippen molar-refractivity contribution in [3.63, 3.8) is 0 Å². The summed E-state index contributed by atoms with van der Waals surface area (Å²) in [6, 6.07) is 17.3. The molecule has 40 heavy (non-hydrogen) atoms. The van der Waals surface area contributed by atoms with E-state index in [0.29, 0.717) is 28.6 Å². The van der Waals surface area contributed by atoms with E-state index < -0.39 is 10.7 Å². The van der Waals surface area contributed by atoms with Gasteiger partial charge in [0.25, 0.3) is 0 Å². The molecule has 2 amide bonds. The van der Waals surface area contributed by atoms with Crippen LogP contribution in [0.5, 0.6) is 0 Å². The molecule has 0 fully saturated rings. The predicted molar refractivity (Wildman–Crippen MR) is 156 cm³/mol. The lowest BCUT2D eigenvalue weighted by Crippen LogP contribution is -2.42. The number of para-hydroxylation sites is 1. The quantitative estimate of drug-likeness (QED) is 0.311. The van der Waals surface area contributed by atoms with Crippen molar-refractivity contribution in [2.45, 2.75) is 38.0 Å². The zero-order valence-corrected chi connectivity index (χ0v) is 24.0. The van der Waals surface area contributed by atoms with E-state index in [1.807, 2.05) is 57.2 Å². The highest BCUT2D eigenvalue weighted by Crippen LogP contribution is 2.48. The molecule has 10 heteroatoms. The van der Waals surface area contributed by atoms with Crippen LogP contribution >= 0.6 is 23.4 Å². The molecule has 206 valence electrons. The minimum absolute atomic E-state index is 0.0968. The normalized spacial score (nSPS) is 15.5. The number of anilines is 1. The first kappa shape index (κ1) is 27.9. The number of fused-ring (bicyclic) bond motifs is 1. The molecule has 0 spiro atoms. The van der Waals surface area contributed by atoms with Gasteiger partial charge in [-0.15, -0.1) is 11.8 Å². The smallest absolute Gasteiger partial charge is 0.240 e. The molecule has 7 nitrogen and oxygen atoms in total. The fourth-order valence-electron chi connectivity index (χ4n) is 4.70. The average molecular weight is 578 g/mol. The van der Waals surface area contributed by atoms with Gasteiger partial charge in [0.1, 0.15) is 18.2 Å². The molecular weight excluding hydrogens is 549 g/mol. The fraction of sp³-hybridized carbons (Fsp3) is 0.267. The molecule has 0 unspecified atom stereocenters. The van der Waals surface area contributed by atoms with Crippen molar-refractivity contribution in [3.8, 4) is 5.69 Å². The Hall–Kier alpha value is -3.69. The Balaban J connectivity index is 1.67. The molecule has 1 aliphatic rings. The third-order valence-corrected chi connectivity index (χ3v) is 8.15. The van der Waals surface area contributed by atoms with E-state index in [4.69, 9.17) is 16.7 Å². The first-order valence-corrected chi connectivity index (χ1v) is 14.3. The van der Waals surface area contributed by atoms with Crippen molar-refractivity contribution in [3.05, 3.63) is 106 Å². The summed E-state index contributed by atoms with van der Waals surface area (Å²) in [4.78, 5) is 32.4. The van der Waals surface area contributed by atoms with Crippen LogP contribution in [0.15, 0.2) is 73.1 Å². The van der Waals surface area contributed by atoms with Crippen molar-refractivity contribution in [2.24, 2.45) is 0 Å². The lowest BCUT2D eigenvalue weighted by atomic mass is 9.87. The number of aromatic nitrogens is 3. The minimum Gasteiger partial charge on any atom is -0.350 e. The second kappa shape index (κ2) is 11.4. The predicted octanol–water partition coefficient (Wildman–Crippen LogP) is 5.84. The van der Waals surface area contributed by atoms with Gasteiger partial charge in [-0.25, -0.2) is 9.07 Å². The van der Waals surface area contributed by atoms with Gasteiger partial charge in [-0.1, -0.05) is 56.6 Å². The van der Waals surface area contributed by atoms with Gasteiger partial charge in [-0.3, -0.25) is 19.5 Å². The molecule has 0 bridgehead atoms. The number of hydrogen-bond acceptors (Lipinski definition) is 5. The lowest BCUT2D eigenvalue weighted by Gasteiger charge is -2.24. The molecule has 5 rings (SSSR count). The van der Waals surface area contributed by atoms with Crippen LogP contribution in [0.4, 0.5) is 10.2 Å². The average Bonchev–Trinajstić information content (AvgIpc) is 3.26. The first-order chi connectivity index (χ1) is 19.1. The molecule has 0 saturated carbocycles. The van der Waals surface area contributed by atoms with Gasteiger partial charge in [0, 0.05) is 29.9 Å². The molecule has 1 atom stereocenters. The Morgan fingerprint density at radius 2 is 1.88 bits per heavy atom. The van der Waals surface area contributed by atoms with Gasteiger partial charge >= 0.3 is 0 Å². The van der Waals surface area contributed by atoms with Gasteiger partial charge in [0.15, 0.2) is 0 Å². The SMILES string of the molecule is CC(C)(C)c1nn(-c2ccccc2Cl)c2c1[C@H](c1cccc(F)c1)SCC(=O)N2CC(=O)NCc1ccncc1. The highest BCUT2D eigenvalue weighted by atomic mass is 35.5. The second-order valence-electron chi connectivity index (χ2n) is 10.6. The Morgan fingerprint density at radius 3 is 2.58 bits per heavy atom. The molecule has 4 aromatic rings. The Bertz CT molecular complexity index is 1550. The van der Waals surface area contributed by atoms with Crippen LogP contribution in [0.1, 0.15) is 48.4 Å². The third-order valence-electron chi connectivity index (χ3n) is 6.57. The summed E-state index contributed by atoms with van der Waals surface area (Å²) >= 11 is 8.04. The number of thioether (sulfide) groups is 1. The van der Waals surface area contributed by atoms with E-state index in [1.54, 1.807) is 29.2 Å². The number of halogens is 2. The summed E-state index contributed by atoms with van der Waals surface area (Å²) in [6.07, 6.45) is 3.32. The largest absolute Gasteiger partial charge is 0.350 e. The topological polar surface area (TPSA) is 80.1 Å². The van der Waals surface area contributed by atoms with E-state index in [0.717, 1.165) is 16.8 Å². The van der Waals surface area contributed by atoms with E-state index in [1.165, 1.54) is 28.8 Å². The zero-order valence-electron chi connectivity index (χ0n) is 22.4. The molecular formula is C30H29ClFN5O2S. The highest BCUT2D eigenvalue weighted by molar-refractivity contribution is 8.00. The van der Waals surface area contributed by atoms with Crippen LogP contribution < -0.4 is 10.2 Å². The summed E-state index contributed by atoms with van der Waals surface area (Å²) < 4.78 is 16.1. The summed E-state index contributed by atoms with van der Waals surface area (Å²) in [7, 11) is 0. The van der Waals surface area contributed by atoms with Gasteiger partial charge in [0.05, 0.1) is 27.4 Å². The number of amides is 2. The highest BCUT2D eigenvalue weighted by Gasteiger charge is 2.40. The minimum atomic E-state index is -0.439. The number of carbonyl (C=O) groups excluding carboxylic acids is 2. The monoisotopic (exact) mass is 577 g/mol. The number of rotatable bonds is 6. The number of pyridine rings is 1. The van der Waals surface area contributed by atoms with Crippen LogP contribution in [0, 0.1) is 5.82 Å². The zero-order chi connectivity index (χ0) is 28.4. The second-order valence-corrected chi connectivity index (χ2v) is 12.1. The molecule has 1 aliphatic heterocycles. The lowest BCUT2D eigenvalue weighted by molar-refractivity contribution is -0.123. The Labute approximate surface area is 241 Å². The summed E-state index contributed by atoms with van der Waals surface area (Å²) in [5, 5.41) is 7.96. The maximum atomic E-state index is 14.4. The van der Waals surface area contributed by atoms with Gasteiger partial charge < -0.3 is 5.32 Å². The van der Waals surface area contributed by atoms with Gasteiger partial charge in [0.2, 0.25) is 11.8 Å². The van der Waals surface area contributed by atoms with Crippen molar-refractivity contribution >= 4 is 41.0 Å². The number of carbonyl (C=O) groups is 2. The Morgan fingerprint density at radius 1 is 1.12 bits per heavy atom. The number of benzene rings is 2. The molecule has 1 N–H and O–H groups in total. The number of nitrogens with zero attached hydrogens (tertiary/aromatic N) is 4. The Kier molecular flexibility index (Phi) is 7.96. The maximum absolute atomic E-state index is 14.4. The van der Waals surface area contributed by atoms with Crippen LogP contribution in [-0.4, -0.2) is 38.9 Å². The van der Waals surface area contributed by atoms with E-state index in [9.17, 15) is 14.0 Å². The third kappa shape index (κ3) is 5.76. The van der Waals surface area contributed by atoms with Crippen molar-refractivity contribution in [2.75, 3.05) is 17.2 Å². The molecule has 3 heterocycles. The van der Waals surface area contributed by atoms with Crippen LogP contribution in [0.25, 0.3) is 5.69 Å². The molecule has 2 aromatic carbocycles. The number of nitrogens with one attached hydrogen (secondary N) is 1. The van der Waals surface area contributed by atoms with E-state index in [2.05, 4.69) is 10.3 Å². The van der Waals surface area contributed by atoms with E-state index >= 15 is 0 Å². The van der Waals surface area contributed by atoms with Crippen LogP contribution in [0.2, 0.25) is 5.02 Å². The summed E-state index contributed by atoms with van der Waals surface area (Å²) in [5.41, 5.74) is 3.25. The molecule has 0 radical (unpaired) electrons. The van der Waals surface area contributed by atoms with E-state index in [-0.39, 0.29) is 29.9 Å². The standard InChI is InChI=1S/C30H29ClFN5O2S/c1-30(2,3)28-26-27(20-7-6-8-21(32)15-20)40-18-25(39)36(17-24(38)34-16-19-11-13-33-14-12-19)29(26)37(35-28)23-10-5-4-9-22(23)31/h4-15,27H,16-18H2,1-3H3,(H,34,38)/t27-/m0/s1. The summed E-state index contributed by atoms with van der Waals surface area (Å²) in [5.74, 6) is -0.383. The maximum Gasteiger partial charge on any atom is 0.240 e. The van der Waals surface area contributed by atoms with Crippen molar-refractivity contribution in [1.82, 2.24) is 20.1 Å². The molecule has 0 aliphatic carbocycles. The summed E-state index contributed by atoms with van der Waals surface area (Å²) in [6.45, 7) is 6.20. The molecule has 0 saturated heterocycles. The van der Waals surface area contributed by atoms with Crippen molar-refractivity contribution in [1.29, 1.82) is 0 Å². The van der Waals surface area contributed by atoms with Crippen molar-refractivity contribution < 1.29 is 14.0 Å². The first-order valence-electron chi connectivity index (χ1n) is 12.8.